The van der Waals surface area contributed by atoms with Crippen molar-refractivity contribution < 1.29 is 9.90 Å². The summed E-state index contributed by atoms with van der Waals surface area (Å²) in [4.78, 5) is 12.2. The normalized spacial score (nSPS) is 23.1. The van der Waals surface area contributed by atoms with Crippen LogP contribution in [0, 0.1) is 12.8 Å². The Morgan fingerprint density at radius 3 is 2.90 bits per heavy atom. The average molecular weight is 279 g/mol. The summed E-state index contributed by atoms with van der Waals surface area (Å²) in [5.41, 5.74) is 1.55. The number of amides is 1. The number of carbonyl (C=O) groups is 1. The van der Waals surface area contributed by atoms with Crippen LogP contribution in [0.2, 0.25) is 0 Å². The van der Waals surface area contributed by atoms with Crippen LogP contribution in [-0.4, -0.2) is 33.4 Å². The van der Waals surface area contributed by atoms with Crippen molar-refractivity contribution in [2.24, 2.45) is 5.92 Å². The fourth-order valence-corrected chi connectivity index (χ4v) is 2.95. The molecule has 20 heavy (non-hydrogen) atoms. The Balaban J connectivity index is 1.92. The topological polar surface area (TPSA) is 67.2 Å². The number of hydrogen-bond donors (Lipinski definition) is 2. The van der Waals surface area contributed by atoms with Gasteiger partial charge in [-0.25, -0.2) is 0 Å². The second-order valence-electron chi connectivity index (χ2n) is 6.08. The predicted molar refractivity (Wildman–Crippen MR) is 77.6 cm³/mol. The average Bonchev–Trinajstić information content (AvgIpc) is 2.78. The molecule has 1 heterocycles. The highest BCUT2D eigenvalue weighted by Crippen LogP contribution is 2.23. The number of aromatic nitrogens is 2. The van der Waals surface area contributed by atoms with Crippen LogP contribution in [0.3, 0.4) is 0 Å². The number of aliphatic hydroxyl groups is 1. The van der Waals surface area contributed by atoms with E-state index in [0.717, 1.165) is 31.4 Å². The van der Waals surface area contributed by atoms with Gasteiger partial charge < -0.3 is 10.4 Å². The zero-order valence-corrected chi connectivity index (χ0v) is 12.6. The van der Waals surface area contributed by atoms with E-state index in [2.05, 4.69) is 10.4 Å². The van der Waals surface area contributed by atoms with Gasteiger partial charge >= 0.3 is 0 Å². The first-order chi connectivity index (χ1) is 9.49. The van der Waals surface area contributed by atoms with Crippen LogP contribution in [0.1, 0.15) is 61.6 Å². The third-order valence-corrected chi connectivity index (χ3v) is 4.08. The molecule has 1 fully saturated rings. The first-order valence-electron chi connectivity index (χ1n) is 7.49. The number of rotatable bonds is 4. The van der Waals surface area contributed by atoms with E-state index in [-0.39, 0.29) is 18.1 Å². The first kappa shape index (κ1) is 15.0. The summed E-state index contributed by atoms with van der Waals surface area (Å²) in [6.45, 7) is 6.66. The molecule has 1 aromatic heterocycles. The molecule has 1 aromatic rings. The van der Waals surface area contributed by atoms with Crippen LogP contribution < -0.4 is 5.32 Å². The molecule has 2 atom stereocenters. The Morgan fingerprint density at radius 2 is 2.30 bits per heavy atom. The molecule has 0 aromatic carbocycles. The van der Waals surface area contributed by atoms with Crippen molar-refractivity contribution in [3.05, 3.63) is 17.5 Å². The van der Waals surface area contributed by atoms with Crippen LogP contribution in [0.5, 0.6) is 0 Å². The quantitative estimate of drug-likeness (QED) is 0.886. The number of aliphatic hydroxyl groups excluding tert-OH is 1. The Kier molecular flexibility index (Phi) is 4.81. The maximum Gasteiger partial charge on any atom is 0.254 e. The van der Waals surface area contributed by atoms with E-state index in [1.165, 1.54) is 0 Å². The minimum Gasteiger partial charge on any atom is -0.393 e. The Morgan fingerprint density at radius 1 is 1.55 bits per heavy atom. The van der Waals surface area contributed by atoms with Crippen LogP contribution >= 0.6 is 0 Å². The van der Waals surface area contributed by atoms with Gasteiger partial charge in [0, 0.05) is 18.3 Å². The van der Waals surface area contributed by atoms with Gasteiger partial charge in [-0.05, 0) is 46.0 Å². The number of nitrogens with zero attached hydrogens (tertiary/aromatic N) is 2. The van der Waals surface area contributed by atoms with Crippen molar-refractivity contribution in [3.63, 3.8) is 0 Å². The summed E-state index contributed by atoms with van der Waals surface area (Å²) in [7, 11) is 0. The van der Waals surface area contributed by atoms with Crippen LogP contribution in [0.15, 0.2) is 6.20 Å². The Hall–Kier alpha value is -1.36. The van der Waals surface area contributed by atoms with Crippen LogP contribution in [-0.2, 0) is 0 Å². The molecule has 112 valence electrons. The predicted octanol–water partition coefficient (Wildman–Crippen LogP) is 2.05. The smallest absolute Gasteiger partial charge is 0.254 e. The van der Waals surface area contributed by atoms with Gasteiger partial charge in [-0.15, -0.1) is 0 Å². The Bertz CT molecular complexity index is 468. The monoisotopic (exact) mass is 279 g/mol. The highest BCUT2D eigenvalue weighted by molar-refractivity contribution is 5.95. The zero-order chi connectivity index (χ0) is 14.7. The first-order valence-corrected chi connectivity index (χ1v) is 7.49. The molecule has 0 saturated heterocycles. The van der Waals surface area contributed by atoms with Gasteiger partial charge in [-0.2, -0.15) is 5.10 Å². The van der Waals surface area contributed by atoms with Gasteiger partial charge in [-0.1, -0.05) is 6.42 Å². The molecule has 1 aliphatic rings. The lowest BCUT2D eigenvalue weighted by Crippen LogP contribution is -2.33. The largest absolute Gasteiger partial charge is 0.393 e. The van der Waals surface area contributed by atoms with E-state index < -0.39 is 0 Å². The molecule has 0 aliphatic heterocycles. The number of hydrogen-bond acceptors (Lipinski definition) is 3. The van der Waals surface area contributed by atoms with E-state index in [1.54, 1.807) is 6.20 Å². The highest BCUT2D eigenvalue weighted by Gasteiger charge is 2.21. The van der Waals surface area contributed by atoms with Crippen molar-refractivity contribution in [1.29, 1.82) is 0 Å². The van der Waals surface area contributed by atoms with Gasteiger partial charge in [0.05, 0.1) is 17.9 Å². The summed E-state index contributed by atoms with van der Waals surface area (Å²) in [6, 6.07) is 0.255. The van der Waals surface area contributed by atoms with E-state index in [9.17, 15) is 9.90 Å². The lowest BCUT2D eigenvalue weighted by molar-refractivity contribution is 0.0873. The highest BCUT2D eigenvalue weighted by atomic mass is 16.3. The van der Waals surface area contributed by atoms with Crippen LogP contribution in [0.25, 0.3) is 0 Å². The zero-order valence-electron chi connectivity index (χ0n) is 12.6. The van der Waals surface area contributed by atoms with Crippen molar-refractivity contribution in [2.75, 3.05) is 6.54 Å². The molecule has 5 nitrogen and oxygen atoms in total. The molecule has 1 amide bonds. The summed E-state index contributed by atoms with van der Waals surface area (Å²) in [5, 5.41) is 16.9. The molecular formula is C15H25N3O2. The SMILES string of the molecule is Cc1c(C(=O)NCC2CCCC(O)C2)cnn1C(C)C. The van der Waals surface area contributed by atoms with Gasteiger partial charge in [0.2, 0.25) is 0 Å². The van der Waals surface area contributed by atoms with Gasteiger partial charge in [0.1, 0.15) is 0 Å². The molecular weight excluding hydrogens is 254 g/mol. The maximum absolute atomic E-state index is 12.2. The second kappa shape index (κ2) is 6.39. The number of carbonyl (C=O) groups excluding carboxylic acids is 1. The third kappa shape index (κ3) is 3.39. The Labute approximate surface area is 120 Å². The fraction of sp³-hybridized carbons (Fsp3) is 0.733. The lowest BCUT2D eigenvalue weighted by Gasteiger charge is -2.25. The molecule has 0 spiro atoms. The number of nitrogens with one attached hydrogen (secondary N) is 1. The molecule has 2 unspecified atom stereocenters. The van der Waals surface area contributed by atoms with Crippen molar-refractivity contribution in [3.8, 4) is 0 Å². The molecule has 1 saturated carbocycles. The van der Waals surface area contributed by atoms with E-state index in [4.69, 9.17) is 0 Å². The summed E-state index contributed by atoms with van der Waals surface area (Å²) >= 11 is 0. The summed E-state index contributed by atoms with van der Waals surface area (Å²) in [6.07, 6.45) is 5.26. The van der Waals surface area contributed by atoms with Gasteiger partial charge in [-0.3, -0.25) is 9.48 Å². The molecule has 2 rings (SSSR count). The minimum atomic E-state index is -0.198. The third-order valence-electron chi connectivity index (χ3n) is 4.08. The molecule has 0 radical (unpaired) electrons. The molecule has 1 aliphatic carbocycles. The standard InChI is InChI=1S/C15H25N3O2/c1-10(2)18-11(3)14(9-17-18)15(20)16-8-12-5-4-6-13(19)7-12/h9-10,12-13,19H,4-8H2,1-3H3,(H,16,20). The summed E-state index contributed by atoms with van der Waals surface area (Å²) < 4.78 is 1.86. The lowest BCUT2D eigenvalue weighted by atomic mass is 9.87. The van der Waals surface area contributed by atoms with Crippen LogP contribution in [0.4, 0.5) is 0 Å². The van der Waals surface area contributed by atoms with E-state index in [1.807, 2.05) is 25.5 Å². The van der Waals surface area contributed by atoms with Gasteiger partial charge in [0.25, 0.3) is 5.91 Å². The van der Waals surface area contributed by atoms with Crippen molar-refractivity contribution >= 4 is 5.91 Å². The van der Waals surface area contributed by atoms with Crippen molar-refractivity contribution in [2.45, 2.75) is 58.6 Å². The maximum atomic E-state index is 12.2. The minimum absolute atomic E-state index is 0.0607. The van der Waals surface area contributed by atoms with E-state index >= 15 is 0 Å². The molecule has 0 bridgehead atoms. The second-order valence-corrected chi connectivity index (χ2v) is 6.08. The van der Waals surface area contributed by atoms with E-state index in [0.29, 0.717) is 18.0 Å². The van der Waals surface area contributed by atoms with Crippen molar-refractivity contribution in [1.82, 2.24) is 15.1 Å². The fourth-order valence-electron chi connectivity index (χ4n) is 2.95. The molecule has 2 N–H and O–H groups in total. The van der Waals surface area contributed by atoms with Gasteiger partial charge in [0.15, 0.2) is 0 Å². The summed E-state index contributed by atoms with van der Waals surface area (Å²) in [5.74, 6) is 0.331. The molecule has 5 heteroatoms.